The van der Waals surface area contributed by atoms with Crippen LogP contribution in [0.25, 0.3) is 0 Å². The summed E-state index contributed by atoms with van der Waals surface area (Å²) in [6.07, 6.45) is 3.24. The number of fused-ring (bicyclic) bond motifs is 1. The van der Waals surface area contributed by atoms with Crippen LogP contribution < -0.4 is 5.32 Å². The van der Waals surface area contributed by atoms with Gasteiger partial charge < -0.3 is 5.32 Å². The van der Waals surface area contributed by atoms with Crippen LogP contribution in [0.15, 0.2) is 24.4 Å². The molecule has 0 radical (unpaired) electrons. The maximum Gasteiger partial charge on any atom is 0.0686 e. The molecule has 3 rings (SSSR count). The molecule has 0 saturated heterocycles. The summed E-state index contributed by atoms with van der Waals surface area (Å²) in [5, 5.41) is 3.61. The van der Waals surface area contributed by atoms with E-state index in [4.69, 9.17) is 0 Å². The number of thiophene rings is 1. The monoisotopic (exact) mass is 304 g/mol. The molecule has 1 N–H and O–H groups in total. The van der Waals surface area contributed by atoms with Crippen molar-refractivity contribution in [2.24, 2.45) is 0 Å². The third-order valence-electron chi connectivity index (χ3n) is 3.61. The van der Waals surface area contributed by atoms with Gasteiger partial charge in [0.25, 0.3) is 0 Å². The van der Waals surface area contributed by atoms with Crippen molar-refractivity contribution in [3.63, 3.8) is 0 Å². The van der Waals surface area contributed by atoms with Gasteiger partial charge in [0, 0.05) is 27.4 Å². The molecule has 0 saturated carbocycles. The van der Waals surface area contributed by atoms with Crippen molar-refractivity contribution in [2.75, 3.05) is 12.3 Å². The van der Waals surface area contributed by atoms with Gasteiger partial charge in [0.1, 0.15) is 0 Å². The Labute approximate surface area is 129 Å². The molecule has 0 aromatic carbocycles. The number of nitrogens with zero attached hydrogens (tertiary/aromatic N) is 1. The molecule has 0 fully saturated rings. The first-order valence-corrected chi connectivity index (χ1v) is 9.10. The topological polar surface area (TPSA) is 24.9 Å². The number of hydrogen-bond acceptors (Lipinski definition) is 4. The van der Waals surface area contributed by atoms with Crippen LogP contribution >= 0.6 is 23.1 Å². The van der Waals surface area contributed by atoms with Crippen molar-refractivity contribution < 1.29 is 0 Å². The minimum absolute atomic E-state index is 0.286. The summed E-state index contributed by atoms with van der Waals surface area (Å²) in [7, 11) is 0. The molecule has 1 atom stereocenters. The number of thioether (sulfide) groups is 1. The summed E-state index contributed by atoms with van der Waals surface area (Å²) in [5.41, 5.74) is 3.89. The van der Waals surface area contributed by atoms with Gasteiger partial charge in [-0.15, -0.1) is 11.3 Å². The Bertz CT molecular complexity index is 551. The van der Waals surface area contributed by atoms with Gasteiger partial charge in [-0.1, -0.05) is 13.0 Å². The van der Waals surface area contributed by atoms with Gasteiger partial charge in [0.2, 0.25) is 0 Å². The van der Waals surface area contributed by atoms with E-state index in [0.717, 1.165) is 12.2 Å². The molecule has 0 aliphatic carbocycles. The quantitative estimate of drug-likeness (QED) is 0.926. The molecule has 2 aromatic rings. The van der Waals surface area contributed by atoms with Gasteiger partial charge in [-0.3, -0.25) is 4.98 Å². The smallest absolute Gasteiger partial charge is 0.0686 e. The Hall–Kier alpha value is -0.840. The minimum Gasteiger partial charge on any atom is -0.306 e. The number of hydrogen-bond donors (Lipinski definition) is 1. The second-order valence-corrected chi connectivity index (χ2v) is 7.40. The standard InChI is InChI=1S/C16H20N2S2/c1-3-17-16(12-5-4-11(2)18-9-12)15-8-13-10-19-7-6-14(13)20-15/h4-5,8-9,16-17H,3,6-7,10H2,1-2H3. The zero-order chi connectivity index (χ0) is 13.9. The van der Waals surface area contributed by atoms with Crippen molar-refractivity contribution >= 4 is 23.1 Å². The Morgan fingerprint density at radius 1 is 1.40 bits per heavy atom. The summed E-state index contributed by atoms with van der Waals surface area (Å²) < 4.78 is 0. The highest BCUT2D eigenvalue weighted by Gasteiger charge is 2.20. The van der Waals surface area contributed by atoms with Crippen molar-refractivity contribution in [1.29, 1.82) is 0 Å². The summed E-state index contributed by atoms with van der Waals surface area (Å²) in [6.45, 7) is 5.17. The molecule has 2 nitrogen and oxygen atoms in total. The van der Waals surface area contributed by atoms with Crippen molar-refractivity contribution in [1.82, 2.24) is 10.3 Å². The summed E-state index contributed by atoms with van der Waals surface area (Å²) >= 11 is 4.03. The van der Waals surface area contributed by atoms with E-state index in [-0.39, 0.29) is 6.04 Å². The molecule has 106 valence electrons. The molecule has 0 spiro atoms. The normalized spacial score (nSPS) is 15.9. The molecule has 3 heterocycles. The van der Waals surface area contributed by atoms with E-state index in [0.29, 0.717) is 0 Å². The summed E-state index contributed by atoms with van der Waals surface area (Å²) in [4.78, 5) is 7.47. The summed E-state index contributed by atoms with van der Waals surface area (Å²) in [5.74, 6) is 2.45. The Kier molecular flexibility index (Phi) is 4.44. The SMILES string of the molecule is CCNC(c1ccc(C)nc1)c1cc2c(s1)CCSC2. The Balaban J connectivity index is 1.93. The fraction of sp³-hybridized carbons (Fsp3) is 0.438. The zero-order valence-corrected chi connectivity index (χ0v) is 13.6. The number of aryl methyl sites for hydroxylation is 2. The van der Waals surface area contributed by atoms with Crippen LogP contribution in [0.1, 0.15) is 39.5 Å². The maximum absolute atomic E-state index is 4.45. The molecule has 4 heteroatoms. The van der Waals surface area contributed by atoms with E-state index >= 15 is 0 Å². The largest absolute Gasteiger partial charge is 0.306 e. The van der Waals surface area contributed by atoms with Crippen LogP contribution in [-0.2, 0) is 12.2 Å². The zero-order valence-electron chi connectivity index (χ0n) is 12.0. The van der Waals surface area contributed by atoms with Gasteiger partial charge in [0.05, 0.1) is 6.04 Å². The molecule has 0 amide bonds. The lowest BCUT2D eigenvalue weighted by molar-refractivity contribution is 0.637. The highest BCUT2D eigenvalue weighted by atomic mass is 32.2. The maximum atomic E-state index is 4.45. The molecular weight excluding hydrogens is 284 g/mol. The number of pyridine rings is 1. The summed E-state index contributed by atoms with van der Waals surface area (Å²) in [6, 6.07) is 6.99. The second-order valence-electron chi connectivity index (χ2n) is 5.12. The van der Waals surface area contributed by atoms with E-state index in [1.807, 2.05) is 36.2 Å². The van der Waals surface area contributed by atoms with Gasteiger partial charge >= 0.3 is 0 Å². The second kappa shape index (κ2) is 6.29. The molecule has 1 aliphatic rings. The highest BCUT2D eigenvalue weighted by Crippen LogP contribution is 2.36. The van der Waals surface area contributed by atoms with Gasteiger partial charge in [-0.25, -0.2) is 0 Å². The van der Waals surface area contributed by atoms with Crippen LogP contribution in [0.5, 0.6) is 0 Å². The first-order valence-electron chi connectivity index (χ1n) is 7.13. The third kappa shape index (κ3) is 2.92. The number of rotatable bonds is 4. The van der Waals surface area contributed by atoms with Crippen molar-refractivity contribution in [2.45, 2.75) is 32.1 Å². The first kappa shape index (κ1) is 14.1. The van der Waals surface area contributed by atoms with Gasteiger partial charge in [0.15, 0.2) is 0 Å². The Morgan fingerprint density at radius 2 is 2.30 bits per heavy atom. The van der Waals surface area contributed by atoms with Crippen LogP contribution in [-0.4, -0.2) is 17.3 Å². The molecule has 1 aliphatic heterocycles. The number of nitrogens with one attached hydrogen (secondary N) is 1. The fourth-order valence-electron chi connectivity index (χ4n) is 2.55. The van der Waals surface area contributed by atoms with Gasteiger partial charge in [-0.05, 0) is 48.9 Å². The predicted octanol–water partition coefficient (Wildman–Crippen LogP) is 3.94. The van der Waals surface area contributed by atoms with E-state index in [2.05, 4.69) is 35.4 Å². The lowest BCUT2D eigenvalue weighted by Crippen LogP contribution is -2.21. The fourth-order valence-corrected chi connectivity index (χ4v) is 5.03. The molecule has 20 heavy (non-hydrogen) atoms. The average Bonchev–Trinajstić information content (AvgIpc) is 2.89. The van der Waals surface area contributed by atoms with Crippen LogP contribution in [0, 0.1) is 6.92 Å². The lowest BCUT2D eigenvalue weighted by Gasteiger charge is -2.16. The number of aromatic nitrogens is 1. The minimum atomic E-state index is 0.286. The van der Waals surface area contributed by atoms with Crippen LogP contribution in [0.2, 0.25) is 0 Å². The third-order valence-corrected chi connectivity index (χ3v) is 5.92. The molecule has 1 unspecified atom stereocenters. The van der Waals surface area contributed by atoms with E-state index < -0.39 is 0 Å². The van der Waals surface area contributed by atoms with E-state index in [1.165, 1.54) is 28.4 Å². The van der Waals surface area contributed by atoms with Crippen molar-refractivity contribution in [3.05, 3.63) is 51.0 Å². The van der Waals surface area contributed by atoms with Gasteiger partial charge in [-0.2, -0.15) is 11.8 Å². The predicted molar refractivity (Wildman–Crippen MR) is 88.7 cm³/mol. The van der Waals surface area contributed by atoms with Crippen LogP contribution in [0.4, 0.5) is 0 Å². The molecular formula is C16H20N2S2. The molecule has 2 aromatic heterocycles. The average molecular weight is 304 g/mol. The first-order chi connectivity index (χ1) is 9.78. The molecule has 0 bridgehead atoms. The van der Waals surface area contributed by atoms with Crippen LogP contribution in [0.3, 0.4) is 0 Å². The van der Waals surface area contributed by atoms with Crippen molar-refractivity contribution in [3.8, 4) is 0 Å². The van der Waals surface area contributed by atoms with E-state index in [9.17, 15) is 0 Å². The highest BCUT2D eigenvalue weighted by molar-refractivity contribution is 7.98. The Morgan fingerprint density at radius 3 is 3.00 bits per heavy atom. The van der Waals surface area contributed by atoms with E-state index in [1.54, 1.807) is 10.4 Å². The lowest BCUT2D eigenvalue weighted by atomic mass is 10.1.